The monoisotopic (exact) mass is 703 g/mol. The Balaban J connectivity index is 0.000000302. The van der Waals surface area contributed by atoms with Crippen molar-refractivity contribution in [1.29, 1.82) is 0 Å². The van der Waals surface area contributed by atoms with Crippen molar-refractivity contribution in [1.82, 2.24) is 4.90 Å². The fourth-order valence-electron chi connectivity index (χ4n) is 5.08. The molecule has 0 bridgehead atoms. The van der Waals surface area contributed by atoms with E-state index >= 15 is 0 Å². The molecule has 6 rings (SSSR count). The first-order chi connectivity index (χ1) is 23.1. The van der Waals surface area contributed by atoms with E-state index in [1.807, 2.05) is 0 Å². The van der Waals surface area contributed by atoms with Crippen LogP contribution in [0.25, 0.3) is 0 Å². The summed E-state index contributed by atoms with van der Waals surface area (Å²) in [4.78, 5) is 2.28. The van der Waals surface area contributed by atoms with Crippen molar-refractivity contribution in [3.05, 3.63) is 195 Å². The minimum absolute atomic E-state index is 0. The SMILES string of the molecule is C[C@H](c1ccccc1P(c1ccccc1)c1ccccc1)N(C)C.[C-]#[O+].[C-]#[O+].[Cr].c1ccc(P(c2ccccc2)c2ccccc2)cc1. The van der Waals surface area contributed by atoms with E-state index in [9.17, 15) is 0 Å². The van der Waals surface area contributed by atoms with Crippen LogP contribution in [0.1, 0.15) is 18.5 Å². The van der Waals surface area contributed by atoms with Crippen LogP contribution in [0.15, 0.2) is 176 Å². The van der Waals surface area contributed by atoms with E-state index in [-0.39, 0.29) is 17.4 Å². The molecule has 6 heteroatoms. The average molecular weight is 704 g/mol. The minimum atomic E-state index is -0.551. The van der Waals surface area contributed by atoms with Crippen LogP contribution in [0.3, 0.4) is 0 Å². The number of benzene rings is 6. The molecule has 0 amide bonds. The van der Waals surface area contributed by atoms with Crippen LogP contribution in [0, 0.1) is 13.3 Å². The summed E-state index contributed by atoms with van der Waals surface area (Å²) in [6.45, 7) is 11.3. The normalized spacial score (nSPS) is 10.5. The van der Waals surface area contributed by atoms with E-state index in [0.29, 0.717) is 6.04 Å². The molecule has 6 aromatic carbocycles. The molecule has 0 fully saturated rings. The summed E-state index contributed by atoms with van der Waals surface area (Å²) in [5.41, 5.74) is 1.42. The van der Waals surface area contributed by atoms with Gasteiger partial charge in [-0.3, -0.25) is 0 Å². The van der Waals surface area contributed by atoms with Gasteiger partial charge in [0.05, 0.1) is 0 Å². The smallest absolute Gasteiger partial charge is 0 e. The average Bonchev–Trinajstić information content (AvgIpc) is 3.16. The molecule has 0 heterocycles. The van der Waals surface area contributed by atoms with Gasteiger partial charge in [-0.05, 0) is 74.3 Å². The Hall–Kier alpha value is -3.85. The van der Waals surface area contributed by atoms with Crippen LogP contribution in [-0.2, 0) is 26.7 Å². The first-order valence-corrected chi connectivity index (χ1v) is 17.8. The fraction of sp³-hybridized carbons (Fsp3) is 0.0952. The zero-order valence-electron chi connectivity index (χ0n) is 27.4. The summed E-state index contributed by atoms with van der Waals surface area (Å²) in [5.74, 6) is 0. The van der Waals surface area contributed by atoms with Gasteiger partial charge in [-0.25, -0.2) is 0 Å². The van der Waals surface area contributed by atoms with Gasteiger partial charge < -0.3 is 4.90 Å². The molecule has 0 aromatic heterocycles. The van der Waals surface area contributed by atoms with Crippen LogP contribution >= 0.6 is 15.8 Å². The second-order valence-corrected chi connectivity index (χ2v) is 15.0. The van der Waals surface area contributed by atoms with Crippen molar-refractivity contribution in [2.75, 3.05) is 14.1 Å². The Labute approximate surface area is 299 Å². The molecule has 0 saturated carbocycles. The van der Waals surface area contributed by atoms with Gasteiger partial charge in [-0.2, -0.15) is 0 Å². The molecule has 0 aliphatic heterocycles. The zero-order chi connectivity index (χ0) is 33.9. The Morgan fingerprint density at radius 1 is 0.417 bits per heavy atom. The van der Waals surface area contributed by atoms with Gasteiger partial charge in [0.25, 0.3) is 0 Å². The van der Waals surface area contributed by atoms with Crippen LogP contribution in [0.5, 0.6) is 0 Å². The molecule has 0 saturated heterocycles. The molecule has 0 aliphatic rings. The van der Waals surface area contributed by atoms with Gasteiger partial charge in [0.2, 0.25) is 0 Å². The Morgan fingerprint density at radius 3 is 0.958 bits per heavy atom. The summed E-state index contributed by atoms with van der Waals surface area (Å²) in [6.07, 6.45) is 0. The van der Waals surface area contributed by atoms with E-state index in [1.54, 1.807) is 0 Å². The number of hydrogen-bond acceptors (Lipinski definition) is 1. The number of rotatable bonds is 8. The summed E-state index contributed by atoms with van der Waals surface area (Å²) in [5, 5.41) is 8.44. The molecule has 0 aliphatic carbocycles. The first kappa shape index (κ1) is 40.3. The number of hydrogen-bond donors (Lipinski definition) is 0. The molecule has 6 aromatic rings. The first-order valence-electron chi connectivity index (χ1n) is 15.1. The number of nitrogens with zero attached hydrogens (tertiary/aromatic N) is 1. The van der Waals surface area contributed by atoms with Gasteiger partial charge in [0.1, 0.15) is 0 Å². The molecular weight excluding hydrogens is 664 g/mol. The van der Waals surface area contributed by atoms with E-state index in [1.165, 1.54) is 37.4 Å². The quantitative estimate of drug-likeness (QED) is 0.0924. The van der Waals surface area contributed by atoms with E-state index in [4.69, 9.17) is 9.30 Å². The van der Waals surface area contributed by atoms with Crippen molar-refractivity contribution >= 4 is 47.7 Å². The molecule has 0 N–H and O–H groups in total. The molecule has 0 unspecified atom stereocenters. The maximum Gasteiger partial charge on any atom is 0 e. The largest absolute Gasteiger partial charge is 0.0622 e. The summed E-state index contributed by atoms with van der Waals surface area (Å²) in [6, 6.07) is 63.4. The van der Waals surface area contributed by atoms with Gasteiger partial charge in [-0.1, -0.05) is 176 Å². The van der Waals surface area contributed by atoms with Crippen LogP contribution < -0.4 is 31.8 Å². The van der Waals surface area contributed by atoms with Crippen molar-refractivity contribution in [2.24, 2.45) is 0 Å². The Kier molecular flexibility index (Phi) is 19.0. The van der Waals surface area contributed by atoms with Crippen molar-refractivity contribution in [3.63, 3.8) is 0 Å². The third kappa shape index (κ3) is 11.4. The standard InChI is InChI=1S/C22H24NP.C18H15P.2CO.Cr/c1-18(23(2)3)21-16-10-11-17-22(21)24(19-12-6-4-7-13-19)20-14-8-5-9-15-20;1-4-10-16(11-5-1)19(17-12-6-2-7-13-17)18-14-8-3-9-15-18;2*1-2;/h4-18H,1-3H3;1-15H;;;/t18-;;;;/m1..../s1. The second kappa shape index (κ2) is 22.7. The molecule has 240 valence electrons. The molecule has 0 radical (unpaired) electrons. The summed E-state index contributed by atoms with van der Waals surface area (Å²) >= 11 is 0. The zero-order valence-corrected chi connectivity index (χ0v) is 30.5. The molecule has 3 nitrogen and oxygen atoms in total. The topological polar surface area (TPSA) is 43.0 Å². The maximum absolute atomic E-state index is 7.50. The maximum atomic E-state index is 7.50. The van der Waals surface area contributed by atoms with Crippen molar-refractivity contribution < 1.29 is 26.7 Å². The molecular formula is C42H39CrNO2P2. The van der Waals surface area contributed by atoms with Crippen LogP contribution in [0.2, 0.25) is 0 Å². The second-order valence-electron chi connectivity index (χ2n) is 10.5. The Morgan fingerprint density at radius 2 is 0.667 bits per heavy atom. The molecule has 48 heavy (non-hydrogen) atoms. The third-order valence-electron chi connectivity index (χ3n) is 7.47. The predicted molar refractivity (Wildman–Crippen MR) is 200 cm³/mol. The fourth-order valence-corrected chi connectivity index (χ4v) is 9.94. The van der Waals surface area contributed by atoms with E-state index in [2.05, 4.69) is 215 Å². The molecule has 1 atom stereocenters. The van der Waals surface area contributed by atoms with E-state index < -0.39 is 15.8 Å². The summed E-state index contributed by atoms with van der Waals surface area (Å²) < 4.78 is 15.0. The van der Waals surface area contributed by atoms with Crippen molar-refractivity contribution in [2.45, 2.75) is 13.0 Å². The molecule has 0 spiro atoms. The van der Waals surface area contributed by atoms with Crippen LogP contribution in [0.4, 0.5) is 0 Å². The van der Waals surface area contributed by atoms with Gasteiger partial charge in [-0.15, -0.1) is 0 Å². The van der Waals surface area contributed by atoms with Gasteiger partial charge in [0.15, 0.2) is 0 Å². The van der Waals surface area contributed by atoms with Crippen molar-refractivity contribution in [3.8, 4) is 0 Å². The van der Waals surface area contributed by atoms with Crippen LogP contribution in [-0.4, -0.2) is 19.0 Å². The summed E-state index contributed by atoms with van der Waals surface area (Å²) in [7, 11) is 3.30. The van der Waals surface area contributed by atoms with Gasteiger partial charge in [0, 0.05) is 23.4 Å². The Bertz CT molecular complexity index is 1610. The minimum Gasteiger partial charge on any atom is -0.0622 e. The third-order valence-corrected chi connectivity index (χ3v) is 12.4. The van der Waals surface area contributed by atoms with E-state index in [0.717, 1.165) is 0 Å². The van der Waals surface area contributed by atoms with Gasteiger partial charge >= 0.3 is 22.6 Å². The predicted octanol–water partition coefficient (Wildman–Crippen LogP) is 7.43.